The molecule has 2 aliphatic heterocycles. The van der Waals surface area contributed by atoms with Gasteiger partial charge in [-0.3, -0.25) is 9.59 Å². The summed E-state index contributed by atoms with van der Waals surface area (Å²) in [5.41, 5.74) is 4.63. The number of hydrogen-bond acceptors (Lipinski definition) is 4. The third kappa shape index (κ3) is 4.53. The first-order chi connectivity index (χ1) is 14.9. The number of carbonyl (C=O) groups excluding carboxylic acids is 2. The topological polar surface area (TPSA) is 53.1 Å². The minimum Gasteiger partial charge on any atom is -0.487 e. The number of anilines is 2. The van der Waals surface area contributed by atoms with Crippen molar-refractivity contribution in [2.45, 2.75) is 39.7 Å². The Kier molecular flexibility index (Phi) is 6.16. The molecule has 4 rings (SSSR count). The molecule has 2 heterocycles. The summed E-state index contributed by atoms with van der Waals surface area (Å²) < 4.78 is 5.82. The van der Waals surface area contributed by atoms with E-state index in [-0.39, 0.29) is 30.8 Å². The highest BCUT2D eigenvalue weighted by molar-refractivity contribution is 5.97. The largest absolute Gasteiger partial charge is 0.487 e. The predicted molar refractivity (Wildman–Crippen MR) is 123 cm³/mol. The van der Waals surface area contributed by atoms with Crippen molar-refractivity contribution in [3.05, 3.63) is 53.6 Å². The smallest absolute Gasteiger partial charge is 0.227 e. The van der Waals surface area contributed by atoms with Crippen LogP contribution in [-0.4, -0.2) is 55.5 Å². The van der Waals surface area contributed by atoms with Crippen molar-refractivity contribution >= 4 is 23.2 Å². The van der Waals surface area contributed by atoms with Crippen molar-refractivity contribution in [2.24, 2.45) is 0 Å². The zero-order valence-corrected chi connectivity index (χ0v) is 18.6. The molecular formula is C25H31N3O3. The summed E-state index contributed by atoms with van der Waals surface area (Å²) in [5, 5.41) is 0. The average molecular weight is 422 g/mol. The van der Waals surface area contributed by atoms with Gasteiger partial charge in [0.2, 0.25) is 11.8 Å². The molecule has 0 unspecified atom stereocenters. The number of carbonyl (C=O) groups is 2. The molecule has 1 fully saturated rings. The molecule has 164 valence electrons. The summed E-state index contributed by atoms with van der Waals surface area (Å²) in [5.74, 6) is 0.761. The first kappa shape index (κ1) is 21.2. The lowest BCUT2D eigenvalue weighted by Gasteiger charge is -2.37. The van der Waals surface area contributed by atoms with E-state index < -0.39 is 0 Å². The van der Waals surface area contributed by atoms with Crippen molar-refractivity contribution in [1.29, 1.82) is 0 Å². The summed E-state index contributed by atoms with van der Waals surface area (Å²) >= 11 is 0. The summed E-state index contributed by atoms with van der Waals surface area (Å²) in [7, 11) is 0. The molecule has 0 aromatic heterocycles. The number of rotatable bonds is 4. The molecule has 0 saturated carbocycles. The van der Waals surface area contributed by atoms with Gasteiger partial charge in [-0.1, -0.05) is 24.3 Å². The molecule has 0 bridgehead atoms. The number of fused-ring (bicyclic) bond motifs is 1. The van der Waals surface area contributed by atoms with Gasteiger partial charge in [0.1, 0.15) is 11.9 Å². The summed E-state index contributed by atoms with van der Waals surface area (Å²) in [6.45, 7) is 9.77. The van der Waals surface area contributed by atoms with E-state index in [1.54, 1.807) is 4.90 Å². The standard InChI is InChI=1S/C25H31N3O3/c1-18-7-6-9-21(20(18)3)26-13-15-27(16-14-26)24(29)11-12-25(30)28-17-19(2)31-23-10-5-4-8-22(23)28/h4-10,19H,11-17H2,1-3H3/t19-/m1/s1. The molecular weight excluding hydrogens is 390 g/mol. The fourth-order valence-electron chi connectivity index (χ4n) is 4.41. The third-order valence-electron chi connectivity index (χ3n) is 6.33. The Morgan fingerprint density at radius 2 is 1.58 bits per heavy atom. The zero-order valence-electron chi connectivity index (χ0n) is 18.6. The summed E-state index contributed by atoms with van der Waals surface area (Å²) in [6, 6.07) is 14.0. The first-order valence-electron chi connectivity index (χ1n) is 11.1. The Morgan fingerprint density at radius 3 is 2.35 bits per heavy atom. The third-order valence-corrected chi connectivity index (χ3v) is 6.33. The van der Waals surface area contributed by atoms with Crippen LogP contribution in [0.15, 0.2) is 42.5 Å². The maximum Gasteiger partial charge on any atom is 0.227 e. The molecule has 0 spiro atoms. The highest BCUT2D eigenvalue weighted by Crippen LogP contribution is 2.33. The van der Waals surface area contributed by atoms with Gasteiger partial charge in [0, 0.05) is 44.7 Å². The van der Waals surface area contributed by atoms with Gasteiger partial charge >= 0.3 is 0 Å². The molecule has 31 heavy (non-hydrogen) atoms. The lowest BCUT2D eigenvalue weighted by molar-refractivity contribution is -0.133. The molecule has 2 amide bonds. The van der Waals surface area contributed by atoms with Crippen LogP contribution < -0.4 is 14.5 Å². The molecule has 2 aliphatic rings. The number of aryl methyl sites for hydroxylation is 1. The number of hydrogen-bond donors (Lipinski definition) is 0. The van der Waals surface area contributed by atoms with Gasteiger partial charge in [-0.05, 0) is 50.1 Å². The summed E-state index contributed by atoms with van der Waals surface area (Å²) in [6.07, 6.45) is 0.403. The maximum absolute atomic E-state index is 12.9. The van der Waals surface area contributed by atoms with Crippen LogP contribution in [0.3, 0.4) is 0 Å². The Morgan fingerprint density at radius 1 is 0.903 bits per heavy atom. The van der Waals surface area contributed by atoms with Crippen LogP contribution in [0.25, 0.3) is 0 Å². The van der Waals surface area contributed by atoms with E-state index in [1.165, 1.54) is 16.8 Å². The van der Waals surface area contributed by atoms with E-state index >= 15 is 0 Å². The maximum atomic E-state index is 12.9. The van der Waals surface area contributed by atoms with E-state index in [1.807, 2.05) is 36.1 Å². The quantitative estimate of drug-likeness (QED) is 0.758. The predicted octanol–water partition coefficient (Wildman–Crippen LogP) is 3.55. The van der Waals surface area contributed by atoms with Gasteiger partial charge in [0.05, 0.1) is 12.2 Å². The van der Waals surface area contributed by atoms with E-state index in [2.05, 4.69) is 36.9 Å². The van der Waals surface area contributed by atoms with Crippen molar-refractivity contribution in [1.82, 2.24) is 4.90 Å². The monoisotopic (exact) mass is 421 g/mol. The Bertz CT molecular complexity index is 966. The Labute approximate surface area is 184 Å². The molecule has 0 N–H and O–H groups in total. The zero-order chi connectivity index (χ0) is 22.0. The van der Waals surface area contributed by atoms with E-state index in [0.717, 1.165) is 24.5 Å². The Balaban J connectivity index is 1.31. The second-order valence-corrected chi connectivity index (χ2v) is 8.49. The van der Waals surface area contributed by atoms with Crippen LogP contribution >= 0.6 is 0 Å². The van der Waals surface area contributed by atoms with Crippen molar-refractivity contribution in [2.75, 3.05) is 42.5 Å². The molecule has 1 atom stereocenters. The molecule has 0 radical (unpaired) electrons. The Hall–Kier alpha value is -3.02. The van der Waals surface area contributed by atoms with Crippen LogP contribution in [0.2, 0.25) is 0 Å². The van der Waals surface area contributed by atoms with E-state index in [0.29, 0.717) is 19.6 Å². The van der Waals surface area contributed by atoms with Crippen molar-refractivity contribution < 1.29 is 14.3 Å². The van der Waals surface area contributed by atoms with Crippen molar-refractivity contribution in [3.63, 3.8) is 0 Å². The lowest BCUT2D eigenvalue weighted by Crippen LogP contribution is -2.49. The van der Waals surface area contributed by atoms with Gasteiger partial charge in [-0.15, -0.1) is 0 Å². The van der Waals surface area contributed by atoms with Crippen molar-refractivity contribution in [3.8, 4) is 5.75 Å². The van der Waals surface area contributed by atoms with Crippen LogP contribution in [0.4, 0.5) is 11.4 Å². The highest BCUT2D eigenvalue weighted by Gasteiger charge is 2.28. The number of benzene rings is 2. The molecule has 6 heteroatoms. The van der Waals surface area contributed by atoms with Gasteiger partial charge < -0.3 is 19.4 Å². The minimum atomic E-state index is -0.0623. The number of amides is 2. The lowest BCUT2D eigenvalue weighted by atomic mass is 10.1. The van der Waals surface area contributed by atoms with Crippen LogP contribution in [0.5, 0.6) is 5.75 Å². The van der Waals surface area contributed by atoms with Gasteiger partial charge in [-0.25, -0.2) is 0 Å². The second-order valence-electron chi connectivity index (χ2n) is 8.49. The highest BCUT2D eigenvalue weighted by atomic mass is 16.5. The number of para-hydroxylation sites is 2. The SMILES string of the molecule is Cc1cccc(N2CCN(C(=O)CCC(=O)N3C[C@@H](C)Oc4ccccc43)CC2)c1C. The van der Waals surface area contributed by atoms with Gasteiger partial charge in [0.15, 0.2) is 0 Å². The molecule has 2 aromatic carbocycles. The molecule has 0 aliphatic carbocycles. The fourth-order valence-corrected chi connectivity index (χ4v) is 4.41. The van der Waals surface area contributed by atoms with E-state index in [9.17, 15) is 9.59 Å². The van der Waals surface area contributed by atoms with Gasteiger partial charge in [-0.2, -0.15) is 0 Å². The summed E-state index contributed by atoms with van der Waals surface area (Å²) in [4.78, 5) is 31.7. The minimum absolute atomic E-state index is 0.0232. The molecule has 6 nitrogen and oxygen atoms in total. The number of nitrogens with zero attached hydrogens (tertiary/aromatic N) is 3. The molecule has 1 saturated heterocycles. The fraction of sp³-hybridized carbons (Fsp3) is 0.440. The van der Waals surface area contributed by atoms with Crippen LogP contribution in [0.1, 0.15) is 30.9 Å². The average Bonchev–Trinajstić information content (AvgIpc) is 2.78. The molecule has 2 aromatic rings. The second kappa shape index (κ2) is 9.00. The first-order valence-corrected chi connectivity index (χ1v) is 11.1. The van der Waals surface area contributed by atoms with E-state index in [4.69, 9.17) is 4.74 Å². The van der Waals surface area contributed by atoms with Crippen LogP contribution in [0, 0.1) is 13.8 Å². The number of ether oxygens (including phenoxy) is 1. The normalized spacial score (nSPS) is 18.4. The van der Waals surface area contributed by atoms with Crippen LogP contribution in [-0.2, 0) is 9.59 Å². The van der Waals surface area contributed by atoms with Gasteiger partial charge in [0.25, 0.3) is 0 Å². The number of piperazine rings is 1.